The van der Waals surface area contributed by atoms with E-state index in [2.05, 4.69) is 69.4 Å². The number of ether oxygens (including phenoxy) is 1. The van der Waals surface area contributed by atoms with Gasteiger partial charge in [0.1, 0.15) is 18.1 Å². The fourth-order valence-electron chi connectivity index (χ4n) is 4.76. The van der Waals surface area contributed by atoms with Crippen molar-refractivity contribution in [2.24, 2.45) is 0 Å². The Labute approximate surface area is 220 Å². The van der Waals surface area contributed by atoms with Gasteiger partial charge in [0, 0.05) is 43.5 Å². The Morgan fingerprint density at radius 1 is 0.865 bits per heavy atom. The summed E-state index contributed by atoms with van der Waals surface area (Å²) in [5, 5.41) is 4.29. The normalized spacial score (nSPS) is 14.3. The Bertz CT molecular complexity index is 1200. The van der Waals surface area contributed by atoms with Gasteiger partial charge in [-0.15, -0.1) is 0 Å². The molecular weight excluding hydrogens is 460 g/mol. The van der Waals surface area contributed by atoms with Crippen LogP contribution in [0.4, 0.5) is 5.69 Å². The van der Waals surface area contributed by atoms with Gasteiger partial charge in [-0.3, -0.25) is 9.80 Å². The number of nitrogens with zero attached hydrogens (tertiary/aromatic N) is 4. The van der Waals surface area contributed by atoms with E-state index in [0.29, 0.717) is 6.61 Å². The fourth-order valence-corrected chi connectivity index (χ4v) is 4.76. The third-order valence-corrected chi connectivity index (χ3v) is 6.89. The molecule has 1 fully saturated rings. The van der Waals surface area contributed by atoms with E-state index in [9.17, 15) is 0 Å². The van der Waals surface area contributed by atoms with Crippen LogP contribution in [-0.2, 0) is 13.2 Å². The largest absolute Gasteiger partial charge is 0.489 e. The van der Waals surface area contributed by atoms with Gasteiger partial charge < -0.3 is 14.2 Å². The standard InChI is InChI=1S/C31H36N4O2/c1-33(17-8-18-34-19-21-35(22-20-34)28-11-6-3-7-12-28)24-30-23-31(32-37-30)27-13-15-29(16-14-27)36-25-26-9-4-2-5-10-26/h2-7,9-16,23H,8,17-22,24-25H2,1H3. The number of hydrogen-bond donors (Lipinski definition) is 0. The molecular formula is C31H36N4O2. The highest BCUT2D eigenvalue weighted by Crippen LogP contribution is 2.23. The molecule has 6 nitrogen and oxygen atoms in total. The quantitative estimate of drug-likeness (QED) is 0.271. The van der Waals surface area contributed by atoms with Gasteiger partial charge in [-0.2, -0.15) is 0 Å². The highest BCUT2D eigenvalue weighted by atomic mass is 16.5. The molecule has 0 atom stereocenters. The SMILES string of the molecule is CN(CCCN1CCN(c2ccccc2)CC1)Cc1cc(-c2ccc(OCc3ccccc3)cc2)no1. The molecule has 0 bridgehead atoms. The van der Waals surface area contributed by atoms with E-state index in [1.807, 2.05) is 48.5 Å². The first-order valence-corrected chi connectivity index (χ1v) is 13.2. The first-order valence-electron chi connectivity index (χ1n) is 13.2. The zero-order valence-corrected chi connectivity index (χ0v) is 21.6. The van der Waals surface area contributed by atoms with Crippen molar-refractivity contribution < 1.29 is 9.26 Å². The second kappa shape index (κ2) is 12.6. The van der Waals surface area contributed by atoms with Crippen LogP contribution in [-0.4, -0.2) is 61.3 Å². The summed E-state index contributed by atoms with van der Waals surface area (Å²) in [5.41, 5.74) is 4.37. The maximum absolute atomic E-state index is 5.89. The van der Waals surface area contributed by atoms with Crippen molar-refractivity contribution in [1.29, 1.82) is 0 Å². The van der Waals surface area contributed by atoms with Crippen LogP contribution in [0.1, 0.15) is 17.7 Å². The van der Waals surface area contributed by atoms with Gasteiger partial charge in [0.15, 0.2) is 5.76 Å². The first kappa shape index (κ1) is 25.1. The highest BCUT2D eigenvalue weighted by molar-refractivity contribution is 5.59. The van der Waals surface area contributed by atoms with Gasteiger partial charge in [-0.1, -0.05) is 53.7 Å². The summed E-state index contributed by atoms with van der Waals surface area (Å²) in [7, 11) is 2.15. The van der Waals surface area contributed by atoms with Crippen LogP contribution in [0, 0.1) is 0 Å². The average Bonchev–Trinajstić information content (AvgIpc) is 3.42. The number of rotatable bonds is 11. The van der Waals surface area contributed by atoms with Crippen LogP contribution >= 0.6 is 0 Å². The van der Waals surface area contributed by atoms with E-state index >= 15 is 0 Å². The fraction of sp³-hybridized carbons (Fsp3) is 0.323. The lowest BCUT2D eigenvalue weighted by molar-refractivity contribution is 0.223. The predicted octanol–water partition coefficient (Wildman–Crippen LogP) is 5.56. The maximum Gasteiger partial charge on any atom is 0.151 e. The van der Waals surface area contributed by atoms with E-state index in [1.165, 1.54) is 5.69 Å². The van der Waals surface area contributed by atoms with Crippen LogP contribution in [0.3, 0.4) is 0 Å². The Hall–Kier alpha value is -3.61. The van der Waals surface area contributed by atoms with Crippen molar-refractivity contribution in [1.82, 2.24) is 15.0 Å². The average molecular weight is 497 g/mol. The van der Waals surface area contributed by atoms with E-state index in [1.54, 1.807) is 0 Å². The van der Waals surface area contributed by atoms with Crippen molar-refractivity contribution in [2.45, 2.75) is 19.6 Å². The molecule has 2 heterocycles. The number of aromatic nitrogens is 1. The molecule has 0 spiro atoms. The summed E-state index contributed by atoms with van der Waals surface area (Å²) in [5.74, 6) is 1.73. The third-order valence-electron chi connectivity index (χ3n) is 6.89. The molecule has 1 aromatic heterocycles. The molecule has 0 aliphatic carbocycles. The van der Waals surface area contributed by atoms with E-state index < -0.39 is 0 Å². The van der Waals surface area contributed by atoms with E-state index in [4.69, 9.17) is 9.26 Å². The summed E-state index contributed by atoms with van der Waals surface area (Å²) in [6.45, 7) is 7.93. The summed E-state index contributed by atoms with van der Waals surface area (Å²) in [6.07, 6.45) is 1.15. The molecule has 0 amide bonds. The number of piperazine rings is 1. The minimum atomic E-state index is 0.560. The van der Waals surface area contributed by atoms with E-state index in [-0.39, 0.29) is 0 Å². The second-order valence-corrected chi connectivity index (χ2v) is 9.73. The lowest BCUT2D eigenvalue weighted by Crippen LogP contribution is -2.47. The molecule has 1 aliphatic rings. The summed E-state index contributed by atoms with van der Waals surface area (Å²) >= 11 is 0. The third kappa shape index (κ3) is 7.21. The van der Waals surface area contributed by atoms with Crippen LogP contribution < -0.4 is 9.64 Å². The Balaban J connectivity index is 1.02. The van der Waals surface area contributed by atoms with Crippen LogP contribution in [0.25, 0.3) is 11.3 Å². The number of anilines is 1. The molecule has 4 aromatic rings. The predicted molar refractivity (Wildman–Crippen MR) is 149 cm³/mol. The van der Waals surface area contributed by atoms with Crippen LogP contribution in [0.2, 0.25) is 0 Å². The summed E-state index contributed by atoms with van der Waals surface area (Å²) in [6, 6.07) is 31.0. The van der Waals surface area contributed by atoms with Crippen molar-refractivity contribution in [3.8, 4) is 17.0 Å². The monoisotopic (exact) mass is 496 g/mol. The molecule has 0 N–H and O–H groups in total. The van der Waals surface area contributed by atoms with Gasteiger partial charge >= 0.3 is 0 Å². The maximum atomic E-state index is 5.89. The van der Waals surface area contributed by atoms with Gasteiger partial charge in [-0.25, -0.2) is 0 Å². The van der Waals surface area contributed by atoms with Gasteiger partial charge in [0.05, 0.1) is 6.54 Å². The molecule has 3 aromatic carbocycles. The second-order valence-electron chi connectivity index (χ2n) is 9.73. The number of para-hydroxylation sites is 1. The van der Waals surface area contributed by atoms with Crippen molar-refractivity contribution in [2.75, 3.05) is 51.2 Å². The minimum absolute atomic E-state index is 0.560. The highest BCUT2D eigenvalue weighted by Gasteiger charge is 2.17. The van der Waals surface area contributed by atoms with Gasteiger partial charge in [0.2, 0.25) is 0 Å². The molecule has 0 radical (unpaired) electrons. The van der Waals surface area contributed by atoms with Gasteiger partial charge in [0.25, 0.3) is 0 Å². The van der Waals surface area contributed by atoms with Crippen molar-refractivity contribution >= 4 is 5.69 Å². The molecule has 192 valence electrons. The molecule has 0 unspecified atom stereocenters. The van der Waals surface area contributed by atoms with Gasteiger partial charge in [-0.05, 0) is 68.5 Å². The molecule has 0 saturated carbocycles. The molecule has 1 aliphatic heterocycles. The molecule has 37 heavy (non-hydrogen) atoms. The zero-order chi connectivity index (χ0) is 25.3. The van der Waals surface area contributed by atoms with Crippen molar-refractivity contribution in [3.63, 3.8) is 0 Å². The smallest absolute Gasteiger partial charge is 0.151 e. The lowest BCUT2D eigenvalue weighted by Gasteiger charge is -2.36. The number of hydrogen-bond acceptors (Lipinski definition) is 6. The first-order chi connectivity index (χ1) is 18.2. The Morgan fingerprint density at radius 2 is 1.57 bits per heavy atom. The van der Waals surface area contributed by atoms with Crippen LogP contribution in [0.15, 0.2) is 95.5 Å². The summed E-state index contributed by atoms with van der Waals surface area (Å²) < 4.78 is 11.5. The minimum Gasteiger partial charge on any atom is -0.489 e. The molecule has 1 saturated heterocycles. The Kier molecular flexibility index (Phi) is 8.51. The number of benzene rings is 3. The Morgan fingerprint density at radius 3 is 2.30 bits per heavy atom. The summed E-state index contributed by atoms with van der Waals surface area (Å²) in [4.78, 5) is 7.37. The molecule has 6 heteroatoms. The van der Waals surface area contributed by atoms with Crippen LogP contribution in [0.5, 0.6) is 5.75 Å². The van der Waals surface area contributed by atoms with Crippen molar-refractivity contribution in [3.05, 3.63) is 102 Å². The van der Waals surface area contributed by atoms with E-state index in [0.717, 1.165) is 80.6 Å². The lowest BCUT2D eigenvalue weighted by atomic mass is 10.1. The zero-order valence-electron chi connectivity index (χ0n) is 21.6. The molecule has 5 rings (SSSR count). The topological polar surface area (TPSA) is 45.0 Å².